The third kappa shape index (κ3) is 35.6. The number of hydrogen-bond acceptors (Lipinski definition) is 17. The Balaban J connectivity index is -0.000000291. The topological polar surface area (TPSA) is 322 Å². The van der Waals surface area contributed by atoms with Crippen molar-refractivity contribution in [1.82, 2.24) is 11.0 Å². The molecule has 2 heterocycles. The van der Waals surface area contributed by atoms with Crippen LogP contribution in [0.3, 0.4) is 0 Å². The molecule has 21 nitrogen and oxygen atoms in total. The summed E-state index contributed by atoms with van der Waals surface area (Å²) < 4.78 is 24.3. The first-order chi connectivity index (χ1) is 36.7. The summed E-state index contributed by atoms with van der Waals surface area (Å²) in [5.74, 6) is -3.79. The Hall–Kier alpha value is -7.58. The minimum absolute atomic E-state index is 0. The molecular weight excluding hydrogens is 1010 g/mol. The summed E-state index contributed by atoms with van der Waals surface area (Å²) in [5, 5.41) is 17.2. The molecule has 2 saturated heterocycles. The molecule has 6 aliphatic rings. The van der Waals surface area contributed by atoms with Crippen molar-refractivity contribution in [2.75, 3.05) is 41.6 Å². The molecule has 7 N–H and O–H groups in total. The van der Waals surface area contributed by atoms with Gasteiger partial charge in [0, 0.05) is 92.3 Å². The van der Waals surface area contributed by atoms with E-state index >= 15 is 0 Å². The Morgan fingerprint density at radius 2 is 0.833 bits per heavy atom. The number of carbonyl (C=O) groups excluding carboxylic acids is 6. The molecule has 2 atom stereocenters. The Bertz CT molecular complexity index is 2230. The number of allylic oxidation sites excluding steroid dienone is 15. The molecular formula is C56H76LiN3O18. The summed E-state index contributed by atoms with van der Waals surface area (Å²) in [5.41, 5.74) is 14.1. The molecule has 2 amide bonds. The number of carboxylic acid groups (broad SMARTS) is 2. The minimum Gasteiger partial charge on any atom is -0.870 e. The zero-order valence-corrected chi connectivity index (χ0v) is 45.5. The first-order valence-electron chi connectivity index (χ1n) is 23.3. The summed E-state index contributed by atoms with van der Waals surface area (Å²) in [7, 11) is 5.48. The van der Waals surface area contributed by atoms with Crippen LogP contribution in [0.1, 0.15) is 64.2 Å². The van der Waals surface area contributed by atoms with E-state index in [1.807, 2.05) is 0 Å². The molecule has 424 valence electrons. The van der Waals surface area contributed by atoms with Crippen LogP contribution in [-0.4, -0.2) is 118 Å². The number of rotatable bonds is 15. The van der Waals surface area contributed by atoms with Gasteiger partial charge in [0.15, 0.2) is 12.6 Å². The van der Waals surface area contributed by atoms with Gasteiger partial charge in [-0.15, -0.1) is 52.6 Å². The second-order valence-electron chi connectivity index (χ2n) is 14.4. The van der Waals surface area contributed by atoms with Gasteiger partial charge in [0.05, 0.1) is 21.3 Å². The van der Waals surface area contributed by atoms with Crippen molar-refractivity contribution in [1.29, 1.82) is 0 Å². The van der Waals surface area contributed by atoms with E-state index in [2.05, 4.69) is 83.5 Å². The van der Waals surface area contributed by atoms with Gasteiger partial charge in [-0.1, -0.05) is 66.8 Å². The maximum absolute atomic E-state index is 11.6. The van der Waals surface area contributed by atoms with Gasteiger partial charge >= 0.3 is 48.7 Å². The van der Waals surface area contributed by atoms with Crippen molar-refractivity contribution in [3.8, 4) is 0 Å². The van der Waals surface area contributed by atoms with Crippen LogP contribution in [0.25, 0.3) is 0 Å². The standard InChI is InChI=1S/C15H19NO5.C14H17NO5.C10H10O4.C8H8O3.4C2H4.CH5N.Li.H2O/c1-19-15(18)12-7-5-11(10-12)6-8-13(17)16-21-14-4-2-3-9-20-14;16-12(15-20-13-3-1-2-8-19-13)7-5-10-4-6-11(9-10)14(17)18;1-14-10(13)8-4-2-7(6-8)3-5-9(11)12;1-11-8(10)7-3-2-6(4-7)5-9;5*1-2;;/h5-8,14H,2-4,9-10H2,1H3,(H,16,17);4-7,13H,1-3,8-9H2,(H,15,16)(H,17,18);2-5H,6H2,1H3,(H,11,12);2-3,5H,4H2,1H3;4*1-2H2;2H2,1H3;;1H2/q;;;;;;;;;+1;/p-1/b8-6+;7-5+;5-3+;;;;;;;;. The number of nitrogens with one attached hydrogen (secondary N) is 2. The minimum atomic E-state index is -1.00. The molecule has 0 aromatic heterocycles. The van der Waals surface area contributed by atoms with Gasteiger partial charge in [-0.2, -0.15) is 0 Å². The number of hydroxylamine groups is 2. The van der Waals surface area contributed by atoms with Crippen LogP contribution in [0.15, 0.2) is 182 Å². The summed E-state index contributed by atoms with van der Waals surface area (Å²) in [4.78, 5) is 97.7. The van der Waals surface area contributed by atoms with Crippen molar-refractivity contribution < 1.29 is 106 Å². The SMILES string of the molecule is C=C.C=C.C=C.C=C.CN.COC(=O)C1=CC=C(/C=C/C(=O)NOC2CCCCO2)C1.COC(=O)C1=CC=C(/C=C/C(=O)O)C1.COC(=O)C1=CC=C(C=O)C1.O=C(/C=C/C1=CC=C(C(=O)O)C1)NOC1CCCCO1.[Li+].[OH-]. The molecule has 0 aromatic rings. The van der Waals surface area contributed by atoms with E-state index in [9.17, 15) is 38.4 Å². The van der Waals surface area contributed by atoms with Crippen molar-refractivity contribution in [3.05, 3.63) is 182 Å². The normalized spacial score (nSPS) is 16.8. The molecule has 2 unspecified atom stereocenters. The number of carboxylic acids is 2. The number of ether oxygens (including phenoxy) is 5. The number of aldehydes is 1. The van der Waals surface area contributed by atoms with E-state index in [1.54, 1.807) is 54.7 Å². The van der Waals surface area contributed by atoms with E-state index in [0.717, 1.165) is 67.6 Å². The molecule has 2 aliphatic heterocycles. The van der Waals surface area contributed by atoms with Gasteiger partial charge in [0.25, 0.3) is 11.8 Å². The van der Waals surface area contributed by atoms with Crippen LogP contribution in [0.2, 0.25) is 0 Å². The number of nitrogens with two attached hydrogens (primary N) is 1. The Kier molecular flexibility index (Phi) is 52.4. The zero-order chi connectivity index (χ0) is 58.3. The van der Waals surface area contributed by atoms with E-state index in [0.29, 0.717) is 66.8 Å². The van der Waals surface area contributed by atoms with E-state index in [4.69, 9.17) is 29.4 Å². The maximum Gasteiger partial charge on any atom is 1.00 e. The van der Waals surface area contributed by atoms with Crippen molar-refractivity contribution in [2.24, 2.45) is 5.73 Å². The number of aliphatic carboxylic acids is 2. The zero-order valence-electron chi connectivity index (χ0n) is 45.5. The molecule has 0 aromatic carbocycles. The Labute approximate surface area is 469 Å². The first-order valence-corrected chi connectivity index (χ1v) is 23.3. The second-order valence-corrected chi connectivity index (χ2v) is 14.4. The largest absolute Gasteiger partial charge is 1.00 e. The summed E-state index contributed by atoms with van der Waals surface area (Å²) in [6.45, 7) is 25.3. The Morgan fingerprint density at radius 1 is 0.526 bits per heavy atom. The molecule has 0 radical (unpaired) electrons. The third-order valence-corrected chi connectivity index (χ3v) is 9.54. The fourth-order valence-corrected chi connectivity index (χ4v) is 6.03. The smallest absolute Gasteiger partial charge is 0.870 e. The number of methoxy groups -OCH3 is 3. The van der Waals surface area contributed by atoms with Gasteiger partial charge in [0.2, 0.25) is 0 Å². The van der Waals surface area contributed by atoms with Gasteiger partial charge in [-0.05, 0) is 55.0 Å². The van der Waals surface area contributed by atoms with E-state index in [-0.39, 0.29) is 60.7 Å². The number of carbonyl (C=O) groups is 8. The van der Waals surface area contributed by atoms with Crippen LogP contribution in [0.4, 0.5) is 0 Å². The van der Waals surface area contributed by atoms with Gasteiger partial charge < -0.3 is 45.1 Å². The maximum atomic E-state index is 11.6. The second kappa shape index (κ2) is 51.5. The summed E-state index contributed by atoms with van der Waals surface area (Å²) in [6.07, 6.45) is 28.9. The first kappa shape index (κ1) is 79.3. The molecule has 2 fully saturated rings. The van der Waals surface area contributed by atoms with Crippen molar-refractivity contribution in [3.63, 3.8) is 0 Å². The van der Waals surface area contributed by atoms with Crippen LogP contribution < -0.4 is 35.6 Å². The molecule has 6 rings (SSSR count). The molecule has 0 bridgehead atoms. The average Bonchev–Trinajstić information content (AvgIpc) is 4.35. The van der Waals surface area contributed by atoms with E-state index < -0.39 is 17.8 Å². The molecule has 78 heavy (non-hydrogen) atoms. The Morgan fingerprint density at radius 3 is 1.10 bits per heavy atom. The summed E-state index contributed by atoms with van der Waals surface area (Å²) >= 11 is 0. The number of amides is 2. The monoisotopic (exact) mass is 1090 g/mol. The summed E-state index contributed by atoms with van der Waals surface area (Å²) in [6, 6.07) is 0. The quantitative estimate of drug-likeness (QED) is 0.0290. The average molecular weight is 1090 g/mol. The third-order valence-electron chi connectivity index (χ3n) is 9.54. The van der Waals surface area contributed by atoms with Gasteiger partial charge in [-0.25, -0.2) is 44.6 Å². The number of hydrogen-bond donors (Lipinski definition) is 5. The van der Waals surface area contributed by atoms with Crippen LogP contribution in [0.5, 0.6) is 0 Å². The van der Waals surface area contributed by atoms with Crippen LogP contribution in [-0.2, 0) is 71.7 Å². The van der Waals surface area contributed by atoms with Crippen molar-refractivity contribution >= 4 is 47.9 Å². The molecule has 0 spiro atoms. The van der Waals surface area contributed by atoms with Crippen molar-refractivity contribution in [2.45, 2.75) is 76.8 Å². The molecule has 4 aliphatic carbocycles. The molecule has 0 saturated carbocycles. The van der Waals surface area contributed by atoms with Gasteiger partial charge in [0.1, 0.15) is 6.29 Å². The van der Waals surface area contributed by atoms with E-state index in [1.165, 1.54) is 52.7 Å². The van der Waals surface area contributed by atoms with Crippen LogP contribution >= 0.6 is 0 Å². The van der Waals surface area contributed by atoms with Crippen LogP contribution in [0, 0.1) is 0 Å². The number of esters is 3. The fourth-order valence-electron chi connectivity index (χ4n) is 6.03. The molecule has 22 heteroatoms. The predicted octanol–water partition coefficient (Wildman–Crippen LogP) is 4.29. The predicted molar refractivity (Wildman–Crippen MR) is 291 cm³/mol. The fraction of sp³-hybridized carbons (Fsp3) is 0.321. The van der Waals surface area contributed by atoms with Gasteiger partial charge in [-0.3, -0.25) is 14.4 Å².